The monoisotopic (exact) mass is 242 g/mol. The predicted molar refractivity (Wildman–Crippen MR) is 80.1 cm³/mol. The molecule has 0 amide bonds. The number of para-hydroxylation sites is 2. The molecule has 1 heterocycles. The van der Waals surface area contributed by atoms with Crippen molar-refractivity contribution >= 4 is 21.8 Å². The third-order valence-electron chi connectivity index (χ3n) is 3.57. The van der Waals surface area contributed by atoms with Crippen LogP contribution in [-0.4, -0.2) is 4.98 Å². The van der Waals surface area contributed by atoms with Crippen LogP contribution in [0, 0.1) is 6.07 Å². The van der Waals surface area contributed by atoms with Gasteiger partial charge in [0.2, 0.25) is 0 Å². The van der Waals surface area contributed by atoms with Gasteiger partial charge in [0.15, 0.2) is 0 Å². The van der Waals surface area contributed by atoms with E-state index < -0.39 is 0 Å². The van der Waals surface area contributed by atoms with E-state index in [4.69, 9.17) is 0 Å². The molecule has 0 saturated heterocycles. The summed E-state index contributed by atoms with van der Waals surface area (Å²) in [6.07, 6.45) is 0. The van der Waals surface area contributed by atoms with E-state index in [0.29, 0.717) is 0 Å². The molecule has 89 valence electrons. The summed E-state index contributed by atoms with van der Waals surface area (Å²) >= 11 is 0. The lowest BCUT2D eigenvalue weighted by Gasteiger charge is -2.02. The first-order chi connectivity index (χ1) is 9.43. The normalized spacial score (nSPS) is 11.2. The van der Waals surface area contributed by atoms with Crippen molar-refractivity contribution in [3.8, 4) is 11.1 Å². The number of H-pyrrole nitrogens is 1. The Morgan fingerprint density at radius 3 is 2.42 bits per heavy atom. The molecule has 0 aliphatic rings. The highest BCUT2D eigenvalue weighted by atomic mass is 14.7. The highest BCUT2D eigenvalue weighted by molar-refractivity contribution is 6.11. The standard InChI is InChI=1S/C18H12N/c1-2-7-13(8-3-1)14-10-6-11-16-15-9-4-5-12-17(15)19-18(14)16/h2-12,19H. The molecule has 4 rings (SSSR count). The van der Waals surface area contributed by atoms with Crippen molar-refractivity contribution in [1.82, 2.24) is 4.98 Å². The number of benzene rings is 3. The topological polar surface area (TPSA) is 15.8 Å². The van der Waals surface area contributed by atoms with Gasteiger partial charge in [0.25, 0.3) is 0 Å². The fraction of sp³-hybridized carbons (Fsp3) is 0. The molecule has 1 N–H and O–H groups in total. The Hall–Kier alpha value is -2.54. The first-order valence-electron chi connectivity index (χ1n) is 6.39. The number of aromatic nitrogens is 1. The third-order valence-corrected chi connectivity index (χ3v) is 3.57. The van der Waals surface area contributed by atoms with Crippen LogP contribution in [0.1, 0.15) is 0 Å². The van der Waals surface area contributed by atoms with Crippen molar-refractivity contribution in [2.45, 2.75) is 0 Å². The van der Waals surface area contributed by atoms with Gasteiger partial charge in [0.05, 0.1) is 5.52 Å². The minimum absolute atomic E-state index is 1.19. The van der Waals surface area contributed by atoms with Gasteiger partial charge in [-0.1, -0.05) is 60.7 Å². The minimum Gasteiger partial charge on any atom is -0.354 e. The second kappa shape index (κ2) is 3.99. The lowest BCUT2D eigenvalue weighted by molar-refractivity contribution is 1.53. The summed E-state index contributed by atoms with van der Waals surface area (Å²) in [5, 5.41) is 2.56. The zero-order valence-electron chi connectivity index (χ0n) is 10.4. The molecule has 0 bridgehead atoms. The summed E-state index contributed by atoms with van der Waals surface area (Å²) in [6, 6.07) is 26.1. The molecule has 1 heteroatoms. The first kappa shape index (κ1) is 10.4. The summed E-state index contributed by atoms with van der Waals surface area (Å²) in [7, 11) is 0. The number of aromatic amines is 1. The van der Waals surface area contributed by atoms with E-state index in [9.17, 15) is 0 Å². The Bertz CT molecular complexity index is 857. The first-order valence-corrected chi connectivity index (χ1v) is 6.39. The van der Waals surface area contributed by atoms with Crippen molar-refractivity contribution in [1.29, 1.82) is 0 Å². The van der Waals surface area contributed by atoms with Gasteiger partial charge >= 0.3 is 0 Å². The van der Waals surface area contributed by atoms with Crippen LogP contribution in [0.15, 0.2) is 66.7 Å². The van der Waals surface area contributed by atoms with Gasteiger partial charge in [-0.25, -0.2) is 0 Å². The number of rotatable bonds is 1. The Balaban J connectivity index is 2.13. The summed E-state index contributed by atoms with van der Waals surface area (Å²) in [5.74, 6) is 0. The summed E-state index contributed by atoms with van der Waals surface area (Å²) in [4.78, 5) is 3.53. The van der Waals surface area contributed by atoms with Crippen molar-refractivity contribution in [2.75, 3.05) is 0 Å². The maximum atomic E-state index is 3.53. The van der Waals surface area contributed by atoms with E-state index in [1.54, 1.807) is 0 Å². The van der Waals surface area contributed by atoms with E-state index in [2.05, 4.69) is 65.6 Å². The smallest absolute Gasteiger partial charge is 0.0544 e. The van der Waals surface area contributed by atoms with Crippen LogP contribution in [0.4, 0.5) is 0 Å². The molecule has 0 aliphatic heterocycles. The van der Waals surface area contributed by atoms with Crippen molar-refractivity contribution in [2.24, 2.45) is 0 Å². The van der Waals surface area contributed by atoms with E-state index in [1.807, 2.05) is 12.1 Å². The van der Waals surface area contributed by atoms with Crippen molar-refractivity contribution in [3.63, 3.8) is 0 Å². The van der Waals surface area contributed by atoms with Crippen molar-refractivity contribution < 1.29 is 0 Å². The van der Waals surface area contributed by atoms with Crippen LogP contribution in [0.5, 0.6) is 0 Å². The van der Waals surface area contributed by atoms with Crippen LogP contribution in [0.3, 0.4) is 0 Å². The molecule has 1 aromatic heterocycles. The van der Waals surface area contributed by atoms with E-state index in [0.717, 1.165) is 0 Å². The maximum absolute atomic E-state index is 3.53. The molecule has 4 aromatic rings. The third kappa shape index (κ3) is 1.55. The highest BCUT2D eigenvalue weighted by Gasteiger charge is 2.08. The maximum Gasteiger partial charge on any atom is 0.0544 e. The summed E-state index contributed by atoms with van der Waals surface area (Å²) in [6.45, 7) is 0. The van der Waals surface area contributed by atoms with Crippen LogP contribution >= 0.6 is 0 Å². The molecular formula is C18H12N. The molecule has 0 unspecified atom stereocenters. The molecule has 19 heavy (non-hydrogen) atoms. The van der Waals surface area contributed by atoms with Gasteiger partial charge in [0.1, 0.15) is 0 Å². The van der Waals surface area contributed by atoms with Gasteiger partial charge < -0.3 is 4.98 Å². The predicted octanol–water partition coefficient (Wildman–Crippen LogP) is 4.79. The van der Waals surface area contributed by atoms with Crippen molar-refractivity contribution in [3.05, 3.63) is 72.8 Å². The Morgan fingerprint density at radius 1 is 0.737 bits per heavy atom. The zero-order chi connectivity index (χ0) is 12.7. The lowest BCUT2D eigenvalue weighted by Crippen LogP contribution is -1.79. The van der Waals surface area contributed by atoms with Crippen LogP contribution in [-0.2, 0) is 0 Å². The molecule has 3 aromatic carbocycles. The van der Waals surface area contributed by atoms with Gasteiger partial charge in [-0.05, 0) is 17.7 Å². The molecule has 0 atom stereocenters. The number of fused-ring (bicyclic) bond motifs is 3. The Morgan fingerprint density at radius 2 is 1.53 bits per heavy atom. The Labute approximate surface area is 111 Å². The average Bonchev–Trinajstić information content (AvgIpc) is 2.87. The second-order valence-electron chi connectivity index (χ2n) is 4.69. The SMILES string of the molecule is [c]1ccc(-c2cccc3c2[nH]c2ccccc23)cc1. The highest BCUT2D eigenvalue weighted by Crippen LogP contribution is 2.32. The second-order valence-corrected chi connectivity index (χ2v) is 4.69. The van der Waals surface area contributed by atoms with Crippen LogP contribution < -0.4 is 0 Å². The van der Waals surface area contributed by atoms with Gasteiger partial charge in [0, 0.05) is 21.9 Å². The molecule has 1 radical (unpaired) electrons. The molecule has 1 nitrogen and oxygen atoms in total. The Kier molecular flexibility index (Phi) is 2.18. The van der Waals surface area contributed by atoms with Gasteiger partial charge in [-0.15, -0.1) is 0 Å². The van der Waals surface area contributed by atoms with E-state index in [-0.39, 0.29) is 0 Å². The lowest BCUT2D eigenvalue weighted by atomic mass is 10.0. The fourth-order valence-electron chi connectivity index (χ4n) is 2.68. The number of hydrogen-bond acceptors (Lipinski definition) is 0. The molecule has 0 aliphatic carbocycles. The van der Waals surface area contributed by atoms with E-state index >= 15 is 0 Å². The van der Waals surface area contributed by atoms with Crippen LogP contribution in [0.2, 0.25) is 0 Å². The fourth-order valence-corrected chi connectivity index (χ4v) is 2.68. The van der Waals surface area contributed by atoms with Crippen LogP contribution in [0.25, 0.3) is 32.9 Å². The molecular weight excluding hydrogens is 230 g/mol. The minimum atomic E-state index is 1.19. The molecule has 0 spiro atoms. The van der Waals surface area contributed by atoms with E-state index in [1.165, 1.54) is 32.9 Å². The molecule has 0 fully saturated rings. The van der Waals surface area contributed by atoms with Gasteiger partial charge in [-0.3, -0.25) is 0 Å². The summed E-state index contributed by atoms with van der Waals surface area (Å²) < 4.78 is 0. The quantitative estimate of drug-likeness (QED) is 0.494. The average molecular weight is 242 g/mol. The molecule has 0 saturated carbocycles. The van der Waals surface area contributed by atoms with Gasteiger partial charge in [-0.2, -0.15) is 0 Å². The largest absolute Gasteiger partial charge is 0.354 e. The number of hydrogen-bond donors (Lipinski definition) is 1. The summed E-state index contributed by atoms with van der Waals surface area (Å²) in [5.41, 5.74) is 4.85. The number of nitrogens with one attached hydrogen (secondary N) is 1. The zero-order valence-corrected chi connectivity index (χ0v) is 10.4.